The van der Waals surface area contributed by atoms with Gasteiger partial charge in [-0.2, -0.15) is 14.0 Å². The van der Waals surface area contributed by atoms with E-state index in [0.29, 0.717) is 17.2 Å². The molecule has 3 N–H and O–H groups in total. The normalized spacial score (nSPS) is 19.5. The third-order valence-corrected chi connectivity index (χ3v) is 6.86. The van der Waals surface area contributed by atoms with Gasteiger partial charge in [-0.15, -0.1) is 0 Å². The minimum Gasteiger partial charge on any atom is -0.435 e. The first-order chi connectivity index (χ1) is 15.5. The number of carbonyl (C=O) groups is 1. The Morgan fingerprint density at radius 2 is 1.94 bits per heavy atom. The number of nitrogens with zero attached hydrogens (tertiary/aromatic N) is 1. The highest BCUT2D eigenvalue weighted by atomic mass is 32.2. The fraction of sp³-hybridized carbons (Fsp3) is 0.348. The van der Waals surface area contributed by atoms with E-state index in [1.54, 1.807) is 12.1 Å². The third kappa shape index (κ3) is 5.73. The fourth-order valence-electron chi connectivity index (χ4n) is 3.61. The molecule has 0 spiro atoms. The van der Waals surface area contributed by atoms with Gasteiger partial charge in [0.2, 0.25) is 0 Å². The lowest BCUT2D eigenvalue weighted by molar-refractivity contribution is -0.0498. The van der Waals surface area contributed by atoms with Gasteiger partial charge in [0.25, 0.3) is 5.91 Å². The maximum Gasteiger partial charge on any atom is 0.387 e. The molecule has 3 rings (SSSR count). The number of ether oxygens (including phenoxy) is 1. The SMILES string of the molecule is CC(C)Nc1cc(C(=O)NC2(C)CS(=O)C2)cc(C#N)c1C(=N)c1cccc(OC(F)F)c1. The van der Waals surface area contributed by atoms with Crippen molar-refractivity contribution in [1.82, 2.24) is 5.32 Å². The Kier molecular flexibility index (Phi) is 7.12. The number of rotatable bonds is 8. The van der Waals surface area contributed by atoms with Crippen LogP contribution in [0.2, 0.25) is 0 Å². The summed E-state index contributed by atoms with van der Waals surface area (Å²) in [6, 6.07) is 10.6. The Bertz CT molecular complexity index is 1150. The molecule has 1 heterocycles. The molecule has 0 aromatic heterocycles. The number of benzene rings is 2. The maximum absolute atomic E-state index is 12.9. The van der Waals surface area contributed by atoms with Crippen LogP contribution in [-0.4, -0.2) is 45.5 Å². The van der Waals surface area contributed by atoms with Gasteiger partial charge in [-0.1, -0.05) is 12.1 Å². The van der Waals surface area contributed by atoms with Gasteiger partial charge < -0.3 is 15.4 Å². The van der Waals surface area contributed by atoms with E-state index in [9.17, 15) is 23.0 Å². The Morgan fingerprint density at radius 3 is 2.52 bits per heavy atom. The first-order valence-electron chi connectivity index (χ1n) is 10.2. The van der Waals surface area contributed by atoms with Gasteiger partial charge in [0.1, 0.15) is 5.75 Å². The van der Waals surface area contributed by atoms with Crippen molar-refractivity contribution in [2.75, 3.05) is 16.8 Å². The lowest BCUT2D eigenvalue weighted by Crippen LogP contribution is -2.61. The summed E-state index contributed by atoms with van der Waals surface area (Å²) in [4.78, 5) is 12.9. The van der Waals surface area contributed by atoms with Crippen LogP contribution >= 0.6 is 0 Å². The van der Waals surface area contributed by atoms with Crippen LogP contribution in [0.15, 0.2) is 36.4 Å². The molecule has 0 unspecified atom stereocenters. The minimum atomic E-state index is -3.00. The molecule has 0 radical (unpaired) electrons. The summed E-state index contributed by atoms with van der Waals surface area (Å²) >= 11 is 0. The van der Waals surface area contributed by atoms with Crippen molar-refractivity contribution in [3.8, 4) is 11.8 Å². The largest absolute Gasteiger partial charge is 0.435 e. The van der Waals surface area contributed by atoms with Crippen molar-refractivity contribution in [2.45, 2.75) is 39.0 Å². The van der Waals surface area contributed by atoms with E-state index in [1.165, 1.54) is 24.3 Å². The maximum atomic E-state index is 12.9. The molecule has 1 aliphatic rings. The first kappa shape index (κ1) is 24.3. The van der Waals surface area contributed by atoms with Crippen molar-refractivity contribution in [3.63, 3.8) is 0 Å². The van der Waals surface area contributed by atoms with Gasteiger partial charge in [-0.25, -0.2) is 0 Å². The molecule has 174 valence electrons. The second-order valence-corrected chi connectivity index (χ2v) is 9.84. The van der Waals surface area contributed by atoms with E-state index in [4.69, 9.17) is 5.41 Å². The first-order valence-corrected chi connectivity index (χ1v) is 11.7. The highest BCUT2D eigenvalue weighted by Crippen LogP contribution is 2.29. The number of halogens is 2. The van der Waals surface area contributed by atoms with E-state index in [1.807, 2.05) is 26.8 Å². The smallest absolute Gasteiger partial charge is 0.387 e. The summed E-state index contributed by atoms with van der Waals surface area (Å²) in [6.07, 6.45) is 0. The van der Waals surface area contributed by atoms with Crippen molar-refractivity contribution in [3.05, 3.63) is 58.7 Å². The highest BCUT2D eigenvalue weighted by molar-refractivity contribution is 7.86. The summed E-state index contributed by atoms with van der Waals surface area (Å²) in [7, 11) is -0.954. The van der Waals surface area contributed by atoms with Crippen LogP contribution in [0.3, 0.4) is 0 Å². The van der Waals surface area contributed by atoms with E-state index in [-0.39, 0.29) is 39.8 Å². The van der Waals surface area contributed by atoms with Crippen LogP contribution in [0.4, 0.5) is 14.5 Å². The van der Waals surface area contributed by atoms with Gasteiger partial charge in [0, 0.05) is 50.7 Å². The summed E-state index contributed by atoms with van der Waals surface area (Å²) in [5, 5.41) is 24.5. The topological polar surface area (TPSA) is 115 Å². The second kappa shape index (κ2) is 9.67. The Balaban J connectivity index is 2.02. The average molecular weight is 475 g/mol. The van der Waals surface area contributed by atoms with Gasteiger partial charge in [0.15, 0.2) is 0 Å². The molecule has 0 aliphatic carbocycles. The summed E-state index contributed by atoms with van der Waals surface area (Å²) < 4.78 is 41.1. The number of hydrogen-bond donors (Lipinski definition) is 3. The third-order valence-electron chi connectivity index (χ3n) is 4.94. The quantitative estimate of drug-likeness (QED) is 0.505. The van der Waals surface area contributed by atoms with E-state index in [0.717, 1.165) is 0 Å². The number of alkyl halides is 2. The van der Waals surface area contributed by atoms with E-state index in [2.05, 4.69) is 15.4 Å². The zero-order valence-corrected chi connectivity index (χ0v) is 19.2. The monoisotopic (exact) mass is 474 g/mol. The van der Waals surface area contributed by atoms with E-state index >= 15 is 0 Å². The molecule has 1 amide bonds. The van der Waals surface area contributed by atoms with E-state index < -0.39 is 28.9 Å². The van der Waals surface area contributed by atoms with Gasteiger partial charge >= 0.3 is 6.61 Å². The summed E-state index contributed by atoms with van der Waals surface area (Å²) in [5.41, 5.74) is 0.561. The Hall–Kier alpha value is -3.32. The molecular weight excluding hydrogens is 450 g/mol. The summed E-state index contributed by atoms with van der Waals surface area (Å²) in [5.74, 6) is 0.204. The van der Waals surface area contributed by atoms with Crippen LogP contribution in [0.1, 0.15) is 47.8 Å². The molecule has 0 atom stereocenters. The highest BCUT2D eigenvalue weighted by Gasteiger charge is 2.39. The van der Waals surface area contributed by atoms with Crippen LogP contribution in [0.5, 0.6) is 5.75 Å². The number of carbonyl (C=O) groups excluding carboxylic acids is 1. The molecule has 33 heavy (non-hydrogen) atoms. The van der Waals surface area contributed by atoms with Gasteiger partial charge in [-0.3, -0.25) is 14.4 Å². The molecule has 1 saturated heterocycles. The summed E-state index contributed by atoms with van der Waals surface area (Å²) in [6.45, 7) is 2.54. The van der Waals surface area contributed by atoms with Crippen LogP contribution in [0, 0.1) is 16.7 Å². The zero-order valence-electron chi connectivity index (χ0n) is 18.4. The number of hydrogen-bond acceptors (Lipinski definition) is 6. The molecule has 2 aromatic carbocycles. The standard InChI is InChI=1S/C23H24F2N4O3S/c1-13(2)28-18-9-15(21(30)29-23(3)11-33(31)12-23)7-16(10-26)19(18)20(27)14-5-4-6-17(8-14)32-22(24)25/h4-9,13,22,27-28H,11-12H2,1-3H3,(H,29,30). The number of anilines is 1. The predicted octanol–water partition coefficient (Wildman–Crippen LogP) is 3.65. The molecule has 7 nitrogen and oxygen atoms in total. The predicted molar refractivity (Wildman–Crippen MR) is 123 cm³/mol. The molecule has 2 aromatic rings. The Labute approximate surface area is 193 Å². The molecular formula is C23H24F2N4O3S. The van der Waals surface area contributed by atoms with Gasteiger partial charge in [0.05, 0.1) is 22.9 Å². The fourth-order valence-corrected chi connectivity index (χ4v) is 5.10. The average Bonchev–Trinajstić information content (AvgIpc) is 2.70. The van der Waals surface area contributed by atoms with Crippen LogP contribution < -0.4 is 15.4 Å². The molecule has 1 aliphatic heterocycles. The van der Waals surface area contributed by atoms with Crippen molar-refractivity contribution in [1.29, 1.82) is 10.7 Å². The molecule has 0 saturated carbocycles. The van der Waals surface area contributed by atoms with Gasteiger partial charge in [-0.05, 0) is 45.0 Å². The van der Waals surface area contributed by atoms with Crippen molar-refractivity contribution < 1.29 is 22.5 Å². The number of nitriles is 1. The molecule has 10 heteroatoms. The lowest BCUT2D eigenvalue weighted by atomic mass is 9.93. The second-order valence-electron chi connectivity index (χ2n) is 8.38. The van der Waals surface area contributed by atoms with Crippen molar-refractivity contribution >= 4 is 28.1 Å². The lowest BCUT2D eigenvalue weighted by Gasteiger charge is -2.38. The molecule has 1 fully saturated rings. The Morgan fingerprint density at radius 1 is 1.24 bits per heavy atom. The molecule has 0 bridgehead atoms. The zero-order chi connectivity index (χ0) is 24.3. The van der Waals surface area contributed by atoms with Crippen LogP contribution in [0.25, 0.3) is 0 Å². The minimum absolute atomic E-state index is 0.0808. The number of amides is 1. The number of nitrogens with one attached hydrogen (secondary N) is 3. The van der Waals surface area contributed by atoms with Crippen LogP contribution in [-0.2, 0) is 10.8 Å². The van der Waals surface area contributed by atoms with Crippen molar-refractivity contribution in [2.24, 2.45) is 0 Å².